The number of oxazole rings is 1. The number of rotatable bonds is 1. The standard InChI is InChI=1S/C11H9N3O/c12-11-14-10(6-15-11)9-5-7-3-1-2-4-8(7)13-9/h1-6,13H,(H2,12,14). The molecule has 2 heterocycles. The minimum Gasteiger partial charge on any atom is -0.432 e. The largest absolute Gasteiger partial charge is 0.432 e. The SMILES string of the molecule is Nc1nc(-c2cc3ccccc3[nH]2)co1. The quantitative estimate of drug-likeness (QED) is 0.632. The normalized spacial score (nSPS) is 10.9. The number of para-hydroxylation sites is 1. The Hall–Kier alpha value is -2.23. The summed E-state index contributed by atoms with van der Waals surface area (Å²) in [7, 11) is 0. The molecule has 74 valence electrons. The Morgan fingerprint density at radius 1 is 1.27 bits per heavy atom. The average molecular weight is 199 g/mol. The first-order chi connectivity index (χ1) is 7.33. The van der Waals surface area contributed by atoms with Crippen molar-refractivity contribution in [2.24, 2.45) is 0 Å². The highest BCUT2D eigenvalue weighted by Crippen LogP contribution is 2.23. The number of aromatic nitrogens is 2. The minimum atomic E-state index is 0.184. The van der Waals surface area contributed by atoms with Crippen LogP contribution in [0.3, 0.4) is 0 Å². The van der Waals surface area contributed by atoms with E-state index in [-0.39, 0.29) is 6.01 Å². The third kappa shape index (κ3) is 1.27. The third-order valence-electron chi connectivity index (χ3n) is 2.33. The molecule has 4 nitrogen and oxygen atoms in total. The van der Waals surface area contributed by atoms with Crippen molar-refractivity contribution < 1.29 is 4.42 Å². The molecular formula is C11H9N3O. The van der Waals surface area contributed by atoms with Gasteiger partial charge in [-0.1, -0.05) is 18.2 Å². The molecule has 0 radical (unpaired) electrons. The summed E-state index contributed by atoms with van der Waals surface area (Å²) >= 11 is 0. The van der Waals surface area contributed by atoms with Crippen LogP contribution in [0.4, 0.5) is 6.01 Å². The Morgan fingerprint density at radius 2 is 2.13 bits per heavy atom. The van der Waals surface area contributed by atoms with E-state index in [1.54, 1.807) is 6.26 Å². The van der Waals surface area contributed by atoms with E-state index in [4.69, 9.17) is 10.2 Å². The number of nitrogens with zero attached hydrogens (tertiary/aromatic N) is 1. The van der Waals surface area contributed by atoms with Gasteiger partial charge in [0.05, 0.1) is 5.69 Å². The summed E-state index contributed by atoms with van der Waals surface area (Å²) in [6.07, 6.45) is 1.54. The van der Waals surface area contributed by atoms with Gasteiger partial charge < -0.3 is 15.1 Å². The van der Waals surface area contributed by atoms with E-state index in [9.17, 15) is 0 Å². The van der Waals surface area contributed by atoms with Crippen molar-refractivity contribution >= 4 is 16.9 Å². The van der Waals surface area contributed by atoms with Crippen molar-refractivity contribution in [2.75, 3.05) is 5.73 Å². The lowest BCUT2D eigenvalue weighted by Crippen LogP contribution is -1.83. The van der Waals surface area contributed by atoms with Gasteiger partial charge in [0.1, 0.15) is 12.0 Å². The van der Waals surface area contributed by atoms with Crippen LogP contribution < -0.4 is 5.73 Å². The number of H-pyrrole nitrogens is 1. The van der Waals surface area contributed by atoms with Crippen molar-refractivity contribution in [1.82, 2.24) is 9.97 Å². The van der Waals surface area contributed by atoms with Gasteiger partial charge in [0.15, 0.2) is 0 Å². The van der Waals surface area contributed by atoms with Crippen LogP contribution >= 0.6 is 0 Å². The molecular weight excluding hydrogens is 190 g/mol. The number of hydrogen-bond donors (Lipinski definition) is 2. The summed E-state index contributed by atoms with van der Waals surface area (Å²) in [6, 6.07) is 10.2. The van der Waals surface area contributed by atoms with Crippen molar-refractivity contribution in [3.05, 3.63) is 36.6 Å². The minimum absolute atomic E-state index is 0.184. The summed E-state index contributed by atoms with van der Waals surface area (Å²) < 4.78 is 4.96. The molecule has 4 heteroatoms. The summed E-state index contributed by atoms with van der Waals surface area (Å²) in [5.74, 6) is 0. The van der Waals surface area contributed by atoms with E-state index >= 15 is 0 Å². The van der Waals surface area contributed by atoms with Gasteiger partial charge in [-0.15, -0.1) is 0 Å². The highest BCUT2D eigenvalue weighted by Gasteiger charge is 2.06. The lowest BCUT2D eigenvalue weighted by Gasteiger charge is -1.86. The molecule has 0 amide bonds. The highest BCUT2D eigenvalue weighted by molar-refractivity contribution is 5.85. The van der Waals surface area contributed by atoms with Gasteiger partial charge in [0.25, 0.3) is 6.01 Å². The van der Waals surface area contributed by atoms with Crippen LogP contribution in [0.25, 0.3) is 22.3 Å². The van der Waals surface area contributed by atoms with E-state index in [0.717, 1.165) is 22.3 Å². The van der Waals surface area contributed by atoms with Gasteiger partial charge in [-0.3, -0.25) is 0 Å². The number of hydrogen-bond acceptors (Lipinski definition) is 3. The molecule has 0 spiro atoms. The average Bonchev–Trinajstić information content (AvgIpc) is 2.82. The molecule has 0 saturated carbocycles. The van der Waals surface area contributed by atoms with Gasteiger partial charge >= 0.3 is 0 Å². The molecule has 2 aromatic heterocycles. The number of aromatic amines is 1. The lowest BCUT2D eigenvalue weighted by atomic mass is 10.2. The second-order valence-corrected chi connectivity index (χ2v) is 3.34. The van der Waals surface area contributed by atoms with Crippen LogP contribution in [0.1, 0.15) is 0 Å². The Labute approximate surface area is 85.7 Å². The first-order valence-electron chi connectivity index (χ1n) is 4.62. The molecule has 3 N–H and O–H groups in total. The smallest absolute Gasteiger partial charge is 0.292 e. The van der Waals surface area contributed by atoms with Gasteiger partial charge in [-0.2, -0.15) is 4.98 Å². The molecule has 1 aromatic carbocycles. The molecule has 0 bridgehead atoms. The van der Waals surface area contributed by atoms with Gasteiger partial charge in [-0.25, -0.2) is 0 Å². The third-order valence-corrected chi connectivity index (χ3v) is 2.33. The first-order valence-corrected chi connectivity index (χ1v) is 4.62. The molecule has 15 heavy (non-hydrogen) atoms. The van der Waals surface area contributed by atoms with Crippen LogP contribution in [0.2, 0.25) is 0 Å². The number of anilines is 1. The maximum absolute atomic E-state index is 5.42. The highest BCUT2D eigenvalue weighted by atomic mass is 16.4. The molecule has 0 saturated heterocycles. The van der Waals surface area contributed by atoms with Crippen molar-refractivity contribution in [1.29, 1.82) is 0 Å². The molecule has 0 atom stereocenters. The second kappa shape index (κ2) is 2.88. The molecule has 3 aromatic rings. The summed E-state index contributed by atoms with van der Waals surface area (Å²) in [5.41, 5.74) is 8.14. The number of nitrogens with two attached hydrogens (primary N) is 1. The Balaban J connectivity index is 2.19. The fourth-order valence-electron chi connectivity index (χ4n) is 1.62. The molecule has 0 fully saturated rings. The molecule has 0 aliphatic carbocycles. The van der Waals surface area contributed by atoms with Crippen molar-refractivity contribution in [3.8, 4) is 11.4 Å². The predicted molar refractivity (Wildman–Crippen MR) is 58.2 cm³/mol. The predicted octanol–water partition coefficient (Wildman–Crippen LogP) is 2.41. The zero-order valence-corrected chi connectivity index (χ0v) is 7.90. The van der Waals surface area contributed by atoms with Crippen LogP contribution in [-0.2, 0) is 0 Å². The number of nitrogen functional groups attached to an aromatic ring is 1. The molecule has 3 rings (SSSR count). The van der Waals surface area contributed by atoms with E-state index < -0.39 is 0 Å². The number of nitrogens with one attached hydrogen (secondary N) is 1. The van der Waals surface area contributed by atoms with Crippen LogP contribution in [0, 0.1) is 0 Å². The van der Waals surface area contributed by atoms with Crippen LogP contribution in [0.15, 0.2) is 41.0 Å². The van der Waals surface area contributed by atoms with Crippen molar-refractivity contribution in [3.63, 3.8) is 0 Å². The van der Waals surface area contributed by atoms with Gasteiger partial charge in [0, 0.05) is 10.9 Å². The fourth-order valence-corrected chi connectivity index (χ4v) is 1.62. The molecule has 0 unspecified atom stereocenters. The van der Waals surface area contributed by atoms with Crippen LogP contribution in [-0.4, -0.2) is 9.97 Å². The Morgan fingerprint density at radius 3 is 2.87 bits per heavy atom. The zero-order chi connectivity index (χ0) is 10.3. The monoisotopic (exact) mass is 199 g/mol. The topological polar surface area (TPSA) is 67.8 Å². The zero-order valence-electron chi connectivity index (χ0n) is 7.90. The van der Waals surface area contributed by atoms with E-state index in [1.807, 2.05) is 30.3 Å². The maximum atomic E-state index is 5.42. The van der Waals surface area contributed by atoms with Crippen LogP contribution in [0.5, 0.6) is 0 Å². The van der Waals surface area contributed by atoms with Gasteiger partial charge in [0.2, 0.25) is 0 Å². The fraction of sp³-hybridized carbons (Fsp3) is 0. The maximum Gasteiger partial charge on any atom is 0.292 e. The summed E-state index contributed by atoms with van der Waals surface area (Å²) in [5, 5.41) is 1.15. The summed E-state index contributed by atoms with van der Waals surface area (Å²) in [4.78, 5) is 7.30. The first kappa shape index (κ1) is 8.11. The Kier molecular flexibility index (Phi) is 1.56. The van der Waals surface area contributed by atoms with E-state index in [1.165, 1.54) is 0 Å². The van der Waals surface area contributed by atoms with Crippen molar-refractivity contribution in [2.45, 2.75) is 0 Å². The second-order valence-electron chi connectivity index (χ2n) is 3.34. The lowest BCUT2D eigenvalue weighted by molar-refractivity contribution is 0.581. The van der Waals surface area contributed by atoms with E-state index in [0.29, 0.717) is 0 Å². The summed E-state index contributed by atoms with van der Waals surface area (Å²) in [6.45, 7) is 0. The van der Waals surface area contributed by atoms with Gasteiger partial charge in [-0.05, 0) is 12.1 Å². The number of fused-ring (bicyclic) bond motifs is 1. The molecule has 0 aliphatic heterocycles. The number of benzene rings is 1. The Bertz CT molecular complexity index is 576. The van der Waals surface area contributed by atoms with E-state index in [2.05, 4.69) is 9.97 Å². The molecule has 0 aliphatic rings.